The van der Waals surface area contributed by atoms with Crippen molar-refractivity contribution in [1.82, 2.24) is 4.57 Å². The molecular formula is C15H9Cl2FN2O3S2. The molecule has 0 aliphatic carbocycles. The number of nitrogens with zero attached hydrogens (tertiary/aromatic N) is 2. The lowest BCUT2D eigenvalue weighted by Crippen LogP contribution is -2.22. The maximum absolute atomic E-state index is 13.5. The van der Waals surface area contributed by atoms with Gasteiger partial charge in [0, 0.05) is 0 Å². The van der Waals surface area contributed by atoms with Crippen LogP contribution in [0.2, 0.25) is 8.67 Å². The van der Waals surface area contributed by atoms with E-state index in [0.29, 0.717) is 14.6 Å². The van der Waals surface area contributed by atoms with Crippen LogP contribution in [-0.2, 0) is 16.1 Å². The maximum atomic E-state index is 13.5. The first kappa shape index (κ1) is 18.1. The van der Waals surface area contributed by atoms with Crippen LogP contribution in [0.5, 0.6) is 0 Å². The number of benzene rings is 1. The molecule has 5 nitrogen and oxygen atoms in total. The van der Waals surface area contributed by atoms with Crippen molar-refractivity contribution >= 4 is 68.0 Å². The molecule has 130 valence electrons. The fraction of sp³-hybridized carbons (Fsp3) is 0.133. The van der Waals surface area contributed by atoms with E-state index in [1.807, 2.05) is 0 Å². The lowest BCUT2D eigenvalue weighted by atomic mass is 10.3. The first-order valence-electron chi connectivity index (χ1n) is 6.78. The van der Waals surface area contributed by atoms with Gasteiger partial charge < -0.3 is 9.30 Å². The van der Waals surface area contributed by atoms with E-state index in [1.165, 1.54) is 35.9 Å². The molecule has 3 rings (SSSR count). The molecule has 0 atom stereocenters. The summed E-state index contributed by atoms with van der Waals surface area (Å²) in [5.74, 6) is -1.54. The lowest BCUT2D eigenvalue weighted by molar-refractivity contribution is -0.141. The van der Waals surface area contributed by atoms with Crippen LogP contribution < -0.4 is 4.80 Å². The Morgan fingerprint density at radius 1 is 1.28 bits per heavy atom. The summed E-state index contributed by atoms with van der Waals surface area (Å²) >= 11 is 14.0. The van der Waals surface area contributed by atoms with Gasteiger partial charge in [0.05, 0.1) is 27.2 Å². The molecule has 3 aromatic rings. The van der Waals surface area contributed by atoms with Crippen molar-refractivity contribution in [2.75, 3.05) is 7.11 Å². The van der Waals surface area contributed by atoms with E-state index in [0.717, 1.165) is 22.7 Å². The summed E-state index contributed by atoms with van der Waals surface area (Å²) in [6.45, 7) is -0.160. The molecule has 0 saturated heterocycles. The molecule has 1 aromatic carbocycles. The molecule has 0 aliphatic rings. The summed E-state index contributed by atoms with van der Waals surface area (Å²) in [6, 6.07) is 5.52. The Morgan fingerprint density at radius 3 is 2.68 bits per heavy atom. The number of thiazole rings is 1. The largest absolute Gasteiger partial charge is 0.468 e. The number of fused-ring (bicyclic) bond motifs is 1. The van der Waals surface area contributed by atoms with Gasteiger partial charge in [0.25, 0.3) is 5.91 Å². The zero-order valence-corrected chi connectivity index (χ0v) is 15.7. The van der Waals surface area contributed by atoms with E-state index < -0.39 is 17.7 Å². The molecule has 2 heterocycles. The van der Waals surface area contributed by atoms with Crippen molar-refractivity contribution in [3.8, 4) is 0 Å². The minimum absolute atomic E-state index is 0.160. The van der Waals surface area contributed by atoms with E-state index in [-0.39, 0.29) is 21.2 Å². The molecule has 0 spiro atoms. The molecular weight excluding hydrogens is 410 g/mol. The van der Waals surface area contributed by atoms with Crippen molar-refractivity contribution in [2.45, 2.75) is 6.54 Å². The fourth-order valence-electron chi connectivity index (χ4n) is 2.11. The highest BCUT2D eigenvalue weighted by molar-refractivity contribution is 7.20. The zero-order valence-electron chi connectivity index (χ0n) is 12.6. The number of thiophene rings is 1. The van der Waals surface area contributed by atoms with Gasteiger partial charge in [-0.05, 0) is 24.3 Å². The Kier molecular flexibility index (Phi) is 5.24. The standard InChI is InChI=1S/C15H9Cl2FN2O3S2/c1-23-12(21)6-20-9-3-2-7(18)4-10(9)24-15(20)19-14(22)8-5-11(16)25-13(8)17/h2-5H,6H2,1H3. The second-order valence-corrected chi connectivity index (χ2v) is 8.11. The summed E-state index contributed by atoms with van der Waals surface area (Å²) in [4.78, 5) is 28.3. The number of amides is 1. The van der Waals surface area contributed by atoms with Gasteiger partial charge in [-0.25, -0.2) is 4.39 Å². The fourth-order valence-corrected chi connectivity index (χ4v) is 4.61. The number of carbonyl (C=O) groups excluding carboxylic acids is 2. The molecule has 1 amide bonds. The van der Waals surface area contributed by atoms with Gasteiger partial charge in [0.2, 0.25) is 0 Å². The van der Waals surface area contributed by atoms with Crippen LogP contribution in [0, 0.1) is 5.82 Å². The minimum Gasteiger partial charge on any atom is -0.468 e. The first-order chi connectivity index (χ1) is 11.9. The van der Waals surface area contributed by atoms with Gasteiger partial charge in [-0.2, -0.15) is 4.99 Å². The number of hydrogen-bond acceptors (Lipinski definition) is 5. The van der Waals surface area contributed by atoms with Crippen molar-refractivity contribution < 1.29 is 18.7 Å². The Hall–Kier alpha value is -1.74. The Balaban J connectivity index is 2.16. The maximum Gasteiger partial charge on any atom is 0.325 e. The van der Waals surface area contributed by atoms with Gasteiger partial charge in [-0.1, -0.05) is 34.5 Å². The van der Waals surface area contributed by atoms with Crippen LogP contribution in [-0.4, -0.2) is 23.6 Å². The Bertz CT molecular complexity index is 1050. The Labute approximate surface area is 158 Å². The van der Waals surface area contributed by atoms with Gasteiger partial charge in [-0.3, -0.25) is 9.59 Å². The van der Waals surface area contributed by atoms with E-state index in [1.54, 1.807) is 0 Å². The molecule has 2 aromatic heterocycles. The topological polar surface area (TPSA) is 60.7 Å². The normalized spacial score (nSPS) is 11.9. The van der Waals surface area contributed by atoms with E-state index in [2.05, 4.69) is 9.73 Å². The molecule has 0 bridgehead atoms. The molecule has 0 aliphatic heterocycles. The molecule has 10 heteroatoms. The monoisotopic (exact) mass is 418 g/mol. The first-order valence-corrected chi connectivity index (χ1v) is 9.17. The zero-order chi connectivity index (χ0) is 18.1. The third-order valence-electron chi connectivity index (χ3n) is 3.24. The molecule has 0 N–H and O–H groups in total. The predicted molar refractivity (Wildman–Crippen MR) is 96.0 cm³/mol. The van der Waals surface area contributed by atoms with E-state index in [9.17, 15) is 14.0 Å². The van der Waals surface area contributed by atoms with Crippen LogP contribution in [0.4, 0.5) is 4.39 Å². The van der Waals surface area contributed by atoms with E-state index >= 15 is 0 Å². The number of halogens is 3. The van der Waals surface area contributed by atoms with E-state index in [4.69, 9.17) is 23.2 Å². The summed E-state index contributed by atoms with van der Waals surface area (Å²) in [5.41, 5.74) is 0.739. The molecule has 0 fully saturated rings. The van der Waals surface area contributed by atoms with Gasteiger partial charge in [0.15, 0.2) is 4.80 Å². The number of aromatic nitrogens is 1. The summed E-state index contributed by atoms with van der Waals surface area (Å²) in [5, 5.41) is 0. The van der Waals surface area contributed by atoms with Gasteiger partial charge >= 0.3 is 5.97 Å². The highest BCUT2D eigenvalue weighted by Crippen LogP contribution is 2.31. The van der Waals surface area contributed by atoms with Crippen LogP contribution >= 0.6 is 45.9 Å². The number of ether oxygens (including phenoxy) is 1. The summed E-state index contributed by atoms with van der Waals surface area (Å²) in [6.07, 6.45) is 0. The highest BCUT2D eigenvalue weighted by Gasteiger charge is 2.16. The van der Waals surface area contributed by atoms with Crippen molar-refractivity contribution in [2.24, 2.45) is 4.99 Å². The average Bonchev–Trinajstić information content (AvgIpc) is 3.06. The van der Waals surface area contributed by atoms with Gasteiger partial charge in [-0.15, -0.1) is 11.3 Å². The SMILES string of the molecule is COC(=O)Cn1c(=NC(=O)c2cc(Cl)sc2Cl)sc2cc(F)ccc21. The van der Waals surface area contributed by atoms with Crippen molar-refractivity contribution in [3.63, 3.8) is 0 Å². The van der Waals surface area contributed by atoms with Crippen molar-refractivity contribution in [1.29, 1.82) is 0 Å². The highest BCUT2D eigenvalue weighted by atomic mass is 35.5. The molecule has 0 saturated carbocycles. The van der Waals surface area contributed by atoms with Crippen LogP contribution in [0.25, 0.3) is 10.2 Å². The third kappa shape index (κ3) is 3.77. The number of esters is 1. The average molecular weight is 419 g/mol. The minimum atomic E-state index is -0.598. The second-order valence-electron chi connectivity index (χ2n) is 4.81. The quantitative estimate of drug-likeness (QED) is 0.600. The Morgan fingerprint density at radius 2 is 2.04 bits per heavy atom. The van der Waals surface area contributed by atoms with Gasteiger partial charge in [0.1, 0.15) is 16.7 Å². The number of hydrogen-bond donors (Lipinski definition) is 0. The number of rotatable bonds is 3. The lowest BCUT2D eigenvalue weighted by Gasteiger charge is -2.03. The summed E-state index contributed by atoms with van der Waals surface area (Å²) < 4.78 is 20.8. The predicted octanol–water partition coefficient (Wildman–Crippen LogP) is 4.12. The number of carbonyl (C=O) groups is 2. The third-order valence-corrected chi connectivity index (χ3v) is 5.77. The summed E-state index contributed by atoms with van der Waals surface area (Å²) in [7, 11) is 1.26. The molecule has 0 radical (unpaired) electrons. The second kappa shape index (κ2) is 7.25. The van der Waals surface area contributed by atoms with Crippen molar-refractivity contribution in [3.05, 3.63) is 49.1 Å². The molecule has 25 heavy (non-hydrogen) atoms. The smallest absolute Gasteiger partial charge is 0.325 e. The molecule has 0 unspecified atom stereocenters. The number of methoxy groups -OCH3 is 1. The van der Waals surface area contributed by atoms with Crippen LogP contribution in [0.15, 0.2) is 29.3 Å². The van der Waals surface area contributed by atoms with Crippen LogP contribution in [0.1, 0.15) is 10.4 Å². The van der Waals surface area contributed by atoms with Crippen LogP contribution in [0.3, 0.4) is 0 Å².